The molecule has 23 heavy (non-hydrogen) atoms. The van der Waals surface area contributed by atoms with Gasteiger partial charge >= 0.3 is 0 Å². The predicted octanol–water partition coefficient (Wildman–Crippen LogP) is -0.599. The van der Waals surface area contributed by atoms with Gasteiger partial charge in [-0.3, -0.25) is 4.79 Å². The van der Waals surface area contributed by atoms with E-state index in [1.54, 1.807) is 0 Å². The SMILES string of the molecule is O=C(N[C@H]1C[C@@H](CO)[C@H](O)[C@@H]1O)c1cnoc1C1CCOCC1. The fourth-order valence-electron chi connectivity index (χ4n) is 3.37. The van der Waals surface area contributed by atoms with Gasteiger partial charge in [-0.15, -0.1) is 0 Å². The van der Waals surface area contributed by atoms with Crippen LogP contribution in [0.25, 0.3) is 0 Å². The van der Waals surface area contributed by atoms with Crippen molar-refractivity contribution in [3.8, 4) is 0 Å². The highest BCUT2D eigenvalue weighted by atomic mass is 16.5. The normalized spacial score (nSPS) is 32.1. The monoisotopic (exact) mass is 326 g/mol. The number of ether oxygens (including phenoxy) is 1. The van der Waals surface area contributed by atoms with E-state index in [4.69, 9.17) is 9.26 Å². The first-order valence-electron chi connectivity index (χ1n) is 7.92. The first kappa shape index (κ1) is 16.4. The number of amides is 1. The number of hydrogen-bond acceptors (Lipinski definition) is 7. The molecular weight excluding hydrogens is 304 g/mol. The Morgan fingerprint density at radius 1 is 1.30 bits per heavy atom. The maximum Gasteiger partial charge on any atom is 0.256 e. The van der Waals surface area contributed by atoms with Gasteiger partial charge in [0.15, 0.2) is 5.76 Å². The van der Waals surface area contributed by atoms with Crippen LogP contribution >= 0.6 is 0 Å². The summed E-state index contributed by atoms with van der Waals surface area (Å²) in [6, 6.07) is -0.605. The third-order valence-corrected chi connectivity index (χ3v) is 4.79. The molecule has 2 heterocycles. The highest BCUT2D eigenvalue weighted by Gasteiger charge is 2.42. The van der Waals surface area contributed by atoms with Crippen LogP contribution in [0.2, 0.25) is 0 Å². The van der Waals surface area contributed by atoms with Crippen molar-refractivity contribution in [2.45, 2.75) is 43.4 Å². The molecule has 1 amide bonds. The second-order valence-corrected chi connectivity index (χ2v) is 6.23. The van der Waals surface area contributed by atoms with Gasteiger partial charge in [0.1, 0.15) is 11.7 Å². The van der Waals surface area contributed by atoms with Gasteiger partial charge in [-0.05, 0) is 19.3 Å². The molecule has 1 aliphatic heterocycles. The van der Waals surface area contributed by atoms with Crippen molar-refractivity contribution in [2.75, 3.05) is 19.8 Å². The van der Waals surface area contributed by atoms with E-state index in [1.807, 2.05) is 0 Å². The van der Waals surface area contributed by atoms with Gasteiger partial charge in [0.2, 0.25) is 0 Å². The zero-order chi connectivity index (χ0) is 16.4. The Labute approximate surface area is 133 Å². The van der Waals surface area contributed by atoms with Crippen LogP contribution in [-0.2, 0) is 4.74 Å². The molecule has 1 saturated heterocycles. The largest absolute Gasteiger partial charge is 0.396 e. The number of carbonyl (C=O) groups excluding carboxylic acids is 1. The molecule has 2 aliphatic rings. The van der Waals surface area contributed by atoms with E-state index in [9.17, 15) is 20.1 Å². The topological polar surface area (TPSA) is 125 Å². The number of nitrogens with one attached hydrogen (secondary N) is 1. The number of nitrogens with zero attached hydrogens (tertiary/aromatic N) is 1. The molecule has 1 aliphatic carbocycles. The molecule has 128 valence electrons. The lowest BCUT2D eigenvalue weighted by Gasteiger charge is -2.21. The van der Waals surface area contributed by atoms with Crippen LogP contribution in [0, 0.1) is 5.92 Å². The van der Waals surface area contributed by atoms with Crippen LogP contribution in [0.5, 0.6) is 0 Å². The number of aliphatic hydroxyl groups excluding tert-OH is 3. The van der Waals surface area contributed by atoms with Gasteiger partial charge in [0, 0.05) is 31.7 Å². The lowest BCUT2D eigenvalue weighted by Crippen LogP contribution is -2.43. The Kier molecular flexibility index (Phi) is 4.96. The quantitative estimate of drug-likeness (QED) is 0.582. The highest BCUT2D eigenvalue weighted by molar-refractivity contribution is 5.95. The van der Waals surface area contributed by atoms with Crippen molar-refractivity contribution in [3.05, 3.63) is 17.5 Å². The molecule has 0 spiro atoms. The molecule has 0 unspecified atom stereocenters. The molecule has 8 nitrogen and oxygen atoms in total. The minimum Gasteiger partial charge on any atom is -0.396 e. The highest BCUT2D eigenvalue weighted by Crippen LogP contribution is 2.30. The zero-order valence-corrected chi connectivity index (χ0v) is 12.7. The smallest absolute Gasteiger partial charge is 0.256 e. The van der Waals surface area contributed by atoms with E-state index in [-0.39, 0.29) is 18.4 Å². The lowest BCUT2D eigenvalue weighted by atomic mass is 9.94. The number of hydrogen-bond donors (Lipinski definition) is 4. The minimum atomic E-state index is -1.09. The minimum absolute atomic E-state index is 0.0938. The zero-order valence-electron chi connectivity index (χ0n) is 12.7. The molecular formula is C15H22N2O6. The number of aromatic nitrogens is 1. The van der Waals surface area contributed by atoms with Crippen LogP contribution in [0.4, 0.5) is 0 Å². The summed E-state index contributed by atoms with van der Waals surface area (Å²) in [6.45, 7) is 1.02. The van der Waals surface area contributed by atoms with E-state index in [2.05, 4.69) is 10.5 Å². The van der Waals surface area contributed by atoms with Crippen molar-refractivity contribution in [2.24, 2.45) is 5.92 Å². The van der Waals surface area contributed by atoms with Gasteiger partial charge < -0.3 is 29.9 Å². The molecule has 8 heteroatoms. The summed E-state index contributed by atoms with van der Waals surface area (Å²) in [4.78, 5) is 12.5. The summed E-state index contributed by atoms with van der Waals surface area (Å²) in [5.41, 5.74) is 0.353. The van der Waals surface area contributed by atoms with Crippen LogP contribution < -0.4 is 5.32 Å². The van der Waals surface area contributed by atoms with Crippen molar-refractivity contribution in [3.63, 3.8) is 0 Å². The summed E-state index contributed by atoms with van der Waals surface area (Å²) in [6.07, 6.45) is 1.11. The molecule has 1 aromatic heterocycles. The van der Waals surface area contributed by atoms with Crippen LogP contribution in [0.1, 0.15) is 41.3 Å². The summed E-state index contributed by atoms with van der Waals surface area (Å²) >= 11 is 0. The Bertz CT molecular complexity index is 542. The summed E-state index contributed by atoms with van der Waals surface area (Å²) < 4.78 is 10.6. The number of aliphatic hydroxyl groups is 3. The summed E-state index contributed by atoms with van der Waals surface area (Å²) in [7, 11) is 0. The molecule has 0 bridgehead atoms. The van der Waals surface area contributed by atoms with Crippen molar-refractivity contribution < 1.29 is 29.4 Å². The van der Waals surface area contributed by atoms with Crippen molar-refractivity contribution in [1.29, 1.82) is 0 Å². The molecule has 1 saturated carbocycles. The fourth-order valence-corrected chi connectivity index (χ4v) is 3.37. The van der Waals surface area contributed by atoms with Gasteiger partial charge in [0.05, 0.1) is 18.3 Å². The first-order chi connectivity index (χ1) is 11.1. The Balaban J connectivity index is 1.68. The van der Waals surface area contributed by atoms with Gasteiger partial charge in [-0.25, -0.2) is 0 Å². The van der Waals surface area contributed by atoms with E-state index < -0.39 is 24.2 Å². The summed E-state index contributed by atoms with van der Waals surface area (Å²) in [5.74, 6) is -0.191. The molecule has 4 atom stereocenters. The molecule has 0 aromatic carbocycles. The first-order valence-corrected chi connectivity index (χ1v) is 7.92. The summed E-state index contributed by atoms with van der Waals surface area (Å²) in [5, 5.41) is 35.4. The second-order valence-electron chi connectivity index (χ2n) is 6.23. The van der Waals surface area contributed by atoms with Gasteiger partial charge in [0.25, 0.3) is 5.91 Å². The lowest BCUT2D eigenvalue weighted by molar-refractivity contribution is 0.000121. The van der Waals surface area contributed by atoms with Crippen molar-refractivity contribution in [1.82, 2.24) is 10.5 Å². The molecule has 3 rings (SSSR count). The van der Waals surface area contributed by atoms with E-state index >= 15 is 0 Å². The molecule has 4 N–H and O–H groups in total. The van der Waals surface area contributed by atoms with E-state index in [1.165, 1.54) is 6.20 Å². The second kappa shape index (κ2) is 6.96. The van der Waals surface area contributed by atoms with Crippen LogP contribution in [0.15, 0.2) is 10.7 Å². The van der Waals surface area contributed by atoms with Crippen molar-refractivity contribution >= 4 is 5.91 Å². The Hall–Kier alpha value is -1.48. The molecule has 2 fully saturated rings. The van der Waals surface area contributed by atoms with Crippen LogP contribution in [0.3, 0.4) is 0 Å². The Morgan fingerprint density at radius 3 is 2.70 bits per heavy atom. The van der Waals surface area contributed by atoms with Gasteiger partial charge in [-0.2, -0.15) is 0 Å². The third-order valence-electron chi connectivity index (χ3n) is 4.79. The fraction of sp³-hybridized carbons (Fsp3) is 0.733. The average Bonchev–Trinajstić information content (AvgIpc) is 3.16. The van der Waals surface area contributed by atoms with E-state index in [0.29, 0.717) is 31.0 Å². The standard InChI is InChI=1S/C15H22N2O6/c18-7-9-5-11(13(20)12(9)19)17-15(21)10-6-16-23-14(10)8-1-3-22-4-2-8/h6,8-9,11-13,18-20H,1-5,7H2,(H,17,21)/t9-,11-,12-,13+/m0/s1. The number of carbonyl (C=O) groups is 1. The Morgan fingerprint density at radius 2 is 2.04 bits per heavy atom. The van der Waals surface area contributed by atoms with E-state index in [0.717, 1.165) is 12.8 Å². The third kappa shape index (κ3) is 3.25. The maximum absolute atomic E-state index is 12.5. The maximum atomic E-state index is 12.5. The predicted molar refractivity (Wildman–Crippen MR) is 77.8 cm³/mol. The molecule has 0 radical (unpaired) electrons. The number of rotatable bonds is 4. The average molecular weight is 326 g/mol. The molecule has 1 aromatic rings. The van der Waals surface area contributed by atoms with Gasteiger partial charge in [-0.1, -0.05) is 5.16 Å². The van der Waals surface area contributed by atoms with Crippen LogP contribution in [-0.4, -0.2) is 64.5 Å².